The summed E-state index contributed by atoms with van der Waals surface area (Å²) < 4.78 is 10.1. The van der Waals surface area contributed by atoms with Crippen molar-refractivity contribution in [3.63, 3.8) is 0 Å². The molecule has 0 heterocycles. The lowest BCUT2D eigenvalue weighted by Crippen LogP contribution is -2.52. The molecular weight excluding hydrogens is 356 g/mol. The van der Waals surface area contributed by atoms with Gasteiger partial charge in [0.05, 0.1) is 25.0 Å². The number of esters is 2. The molecule has 0 aliphatic heterocycles. The Morgan fingerprint density at radius 3 is 1.52 bits per heavy atom. The van der Waals surface area contributed by atoms with E-state index in [1.807, 2.05) is 13.8 Å². The topological polar surface area (TPSA) is 127 Å². The number of carbonyl (C=O) groups excluding carboxylic acids is 2. The van der Waals surface area contributed by atoms with E-state index in [0.717, 1.165) is 12.8 Å². The van der Waals surface area contributed by atoms with Gasteiger partial charge in [-0.05, 0) is 12.8 Å². The van der Waals surface area contributed by atoms with Crippen LogP contribution in [-0.4, -0.2) is 47.3 Å². The van der Waals surface area contributed by atoms with Crippen molar-refractivity contribution in [3.8, 4) is 0 Å². The summed E-state index contributed by atoms with van der Waals surface area (Å²) in [5, 5.41) is 19.3. The fourth-order valence-corrected chi connectivity index (χ4v) is 2.83. The lowest BCUT2D eigenvalue weighted by Gasteiger charge is -2.37. The fraction of sp³-hybridized carbons (Fsp3) is 0.684. The van der Waals surface area contributed by atoms with Crippen LogP contribution in [-0.2, 0) is 28.7 Å². The summed E-state index contributed by atoms with van der Waals surface area (Å²) in [4.78, 5) is 48.6. The van der Waals surface area contributed by atoms with Crippen LogP contribution in [0.1, 0.15) is 53.4 Å². The number of hydrogen-bond donors (Lipinski definition) is 2. The summed E-state index contributed by atoms with van der Waals surface area (Å²) >= 11 is 0. The Kier molecular flexibility index (Phi) is 10.4. The van der Waals surface area contributed by atoms with Crippen molar-refractivity contribution in [2.45, 2.75) is 53.4 Å². The van der Waals surface area contributed by atoms with Gasteiger partial charge in [-0.3, -0.25) is 14.4 Å². The van der Waals surface area contributed by atoms with Crippen LogP contribution in [0.2, 0.25) is 0 Å². The lowest BCUT2D eigenvalue weighted by molar-refractivity contribution is -0.174. The minimum Gasteiger partial charge on any atom is -0.481 e. The van der Waals surface area contributed by atoms with E-state index in [0.29, 0.717) is 12.8 Å². The molecule has 0 aromatic carbocycles. The maximum Gasteiger partial charge on any atom is 0.332 e. The Morgan fingerprint density at radius 2 is 1.26 bits per heavy atom. The maximum atomic E-state index is 12.4. The number of aliphatic carboxylic acids is 2. The number of hydrogen-bond acceptors (Lipinski definition) is 6. The predicted octanol–water partition coefficient (Wildman–Crippen LogP) is 2.66. The molecule has 154 valence electrons. The number of unbranched alkanes of at least 4 members (excludes halogenated alkanes) is 2. The molecule has 0 bridgehead atoms. The summed E-state index contributed by atoms with van der Waals surface area (Å²) in [5.74, 6) is -7.97. The van der Waals surface area contributed by atoms with Gasteiger partial charge in [0.2, 0.25) is 0 Å². The van der Waals surface area contributed by atoms with Gasteiger partial charge in [-0.25, -0.2) is 4.79 Å². The highest BCUT2D eigenvalue weighted by atomic mass is 16.5. The van der Waals surface area contributed by atoms with E-state index in [4.69, 9.17) is 9.47 Å². The number of rotatable bonds is 13. The quantitative estimate of drug-likeness (QED) is 0.281. The molecule has 0 aromatic rings. The van der Waals surface area contributed by atoms with Crippen LogP contribution in [0.4, 0.5) is 0 Å². The van der Waals surface area contributed by atoms with Crippen LogP contribution in [0.15, 0.2) is 12.2 Å². The van der Waals surface area contributed by atoms with E-state index in [1.54, 1.807) is 0 Å². The largest absolute Gasteiger partial charge is 0.481 e. The van der Waals surface area contributed by atoms with Crippen molar-refractivity contribution in [1.82, 2.24) is 0 Å². The van der Waals surface area contributed by atoms with Crippen LogP contribution < -0.4 is 0 Å². The van der Waals surface area contributed by atoms with Gasteiger partial charge in [0.1, 0.15) is 5.41 Å². The number of carboxylic acids is 2. The van der Waals surface area contributed by atoms with Crippen molar-refractivity contribution in [2.75, 3.05) is 13.2 Å². The zero-order valence-electron chi connectivity index (χ0n) is 16.4. The molecule has 0 aliphatic rings. The predicted molar refractivity (Wildman–Crippen MR) is 96.9 cm³/mol. The number of ether oxygens (including phenoxy) is 2. The van der Waals surface area contributed by atoms with Gasteiger partial charge in [0.25, 0.3) is 0 Å². The first kappa shape index (κ1) is 24.6. The molecule has 0 saturated heterocycles. The van der Waals surface area contributed by atoms with Gasteiger partial charge in [-0.1, -0.05) is 47.1 Å². The molecule has 0 aromatic heterocycles. The Balaban J connectivity index is 5.95. The zero-order chi connectivity index (χ0) is 21.2. The summed E-state index contributed by atoms with van der Waals surface area (Å²) in [6, 6.07) is 0. The highest BCUT2D eigenvalue weighted by molar-refractivity contribution is 6.01. The van der Waals surface area contributed by atoms with E-state index in [1.165, 1.54) is 13.8 Å². The first-order valence-corrected chi connectivity index (χ1v) is 9.08. The van der Waals surface area contributed by atoms with E-state index in [9.17, 15) is 29.4 Å². The van der Waals surface area contributed by atoms with E-state index in [2.05, 4.69) is 6.58 Å². The van der Waals surface area contributed by atoms with Crippen molar-refractivity contribution >= 4 is 23.9 Å². The summed E-state index contributed by atoms with van der Waals surface area (Å²) in [6.07, 6.45) is 2.67. The van der Waals surface area contributed by atoms with Gasteiger partial charge in [0.15, 0.2) is 0 Å². The van der Waals surface area contributed by atoms with Crippen LogP contribution in [0, 0.1) is 17.3 Å². The van der Waals surface area contributed by atoms with Crippen molar-refractivity contribution in [3.05, 3.63) is 12.2 Å². The third-order valence-corrected chi connectivity index (χ3v) is 4.67. The molecule has 0 spiro atoms. The van der Waals surface area contributed by atoms with Crippen LogP contribution in [0.5, 0.6) is 0 Å². The van der Waals surface area contributed by atoms with E-state index >= 15 is 0 Å². The summed E-state index contributed by atoms with van der Waals surface area (Å²) in [6.45, 7) is 9.73. The van der Waals surface area contributed by atoms with Crippen LogP contribution in [0.3, 0.4) is 0 Å². The molecule has 8 nitrogen and oxygen atoms in total. The van der Waals surface area contributed by atoms with E-state index in [-0.39, 0.29) is 13.2 Å². The van der Waals surface area contributed by atoms with Gasteiger partial charge in [0, 0.05) is 5.57 Å². The third-order valence-electron chi connectivity index (χ3n) is 4.67. The number of carboxylic acid groups (broad SMARTS) is 2. The molecule has 0 amide bonds. The second-order valence-corrected chi connectivity index (χ2v) is 6.44. The second-order valence-electron chi connectivity index (χ2n) is 6.44. The average Bonchev–Trinajstić information content (AvgIpc) is 2.61. The maximum absolute atomic E-state index is 12.4. The molecule has 27 heavy (non-hydrogen) atoms. The monoisotopic (exact) mass is 386 g/mol. The van der Waals surface area contributed by atoms with Crippen molar-refractivity contribution in [1.29, 1.82) is 0 Å². The first-order valence-electron chi connectivity index (χ1n) is 9.08. The molecular formula is C19H30O8. The SMILES string of the molecule is C=C(C(=O)O)C(C(=O)O)(C(C)C(=O)OCCCC)C(C)C(=O)OCCCC. The van der Waals surface area contributed by atoms with Gasteiger partial charge >= 0.3 is 23.9 Å². The molecule has 2 N–H and O–H groups in total. The smallest absolute Gasteiger partial charge is 0.332 e. The second kappa shape index (κ2) is 11.4. The standard InChI is InChI=1S/C19H30O8/c1-6-8-10-26-16(22)13(4)19(18(24)25,12(3)15(20)21)14(5)17(23)27-11-9-7-2/h13-14H,3,6-11H2,1-2,4-5H3,(H,20,21)(H,24,25). The average molecular weight is 386 g/mol. The normalized spacial score (nSPS) is 15.1. The van der Waals surface area contributed by atoms with Crippen molar-refractivity contribution < 1.29 is 38.9 Å². The molecule has 2 unspecified atom stereocenters. The van der Waals surface area contributed by atoms with Gasteiger partial charge in [-0.2, -0.15) is 0 Å². The van der Waals surface area contributed by atoms with E-state index < -0.39 is 46.7 Å². The van der Waals surface area contributed by atoms with Crippen LogP contribution in [0.25, 0.3) is 0 Å². The Labute approximate surface area is 159 Å². The number of carbonyl (C=O) groups is 4. The Morgan fingerprint density at radius 1 is 0.889 bits per heavy atom. The molecule has 2 atom stereocenters. The third kappa shape index (κ3) is 5.80. The fourth-order valence-electron chi connectivity index (χ4n) is 2.83. The minimum atomic E-state index is -2.39. The van der Waals surface area contributed by atoms with Gasteiger partial charge < -0.3 is 19.7 Å². The Hall–Kier alpha value is -2.38. The van der Waals surface area contributed by atoms with Crippen LogP contribution >= 0.6 is 0 Å². The van der Waals surface area contributed by atoms with Gasteiger partial charge in [-0.15, -0.1) is 0 Å². The molecule has 0 fully saturated rings. The molecule has 0 saturated carbocycles. The van der Waals surface area contributed by atoms with Crippen molar-refractivity contribution in [2.24, 2.45) is 17.3 Å². The molecule has 0 radical (unpaired) electrons. The lowest BCUT2D eigenvalue weighted by atomic mass is 9.63. The highest BCUT2D eigenvalue weighted by Crippen LogP contribution is 2.44. The first-order chi connectivity index (χ1) is 12.6. The minimum absolute atomic E-state index is 0.0737. The highest BCUT2D eigenvalue weighted by Gasteiger charge is 2.58. The molecule has 0 rings (SSSR count). The molecule has 8 heteroatoms. The summed E-state index contributed by atoms with van der Waals surface area (Å²) in [7, 11) is 0. The summed E-state index contributed by atoms with van der Waals surface area (Å²) in [5.41, 5.74) is -3.16. The zero-order valence-corrected chi connectivity index (χ0v) is 16.4. The Bertz CT molecular complexity index is 538. The molecule has 0 aliphatic carbocycles.